The number of hydrogen-bond donors (Lipinski definition) is 1. The van der Waals surface area contributed by atoms with Crippen LogP contribution in [0.2, 0.25) is 10.0 Å². The monoisotopic (exact) mass is 356 g/mol. The first-order valence-electron chi connectivity index (χ1n) is 8.03. The predicted molar refractivity (Wildman–Crippen MR) is 93.9 cm³/mol. The molecule has 0 bridgehead atoms. The Balaban J connectivity index is 1.97. The second-order valence-corrected chi connectivity index (χ2v) is 6.67. The van der Waals surface area contributed by atoms with Crippen molar-refractivity contribution in [2.45, 2.75) is 33.1 Å². The van der Waals surface area contributed by atoms with Crippen LogP contribution in [0.5, 0.6) is 0 Å². The van der Waals surface area contributed by atoms with Crippen molar-refractivity contribution in [2.75, 3.05) is 18.4 Å². The summed E-state index contributed by atoms with van der Waals surface area (Å²) in [7, 11) is 0. The van der Waals surface area contributed by atoms with Crippen molar-refractivity contribution in [3.05, 3.63) is 28.2 Å². The Bertz CT molecular complexity index is 566. The summed E-state index contributed by atoms with van der Waals surface area (Å²) in [5.74, 6) is -0.606. The van der Waals surface area contributed by atoms with Gasteiger partial charge in [-0.05, 0) is 31.4 Å². The first-order valence-corrected chi connectivity index (χ1v) is 8.78. The van der Waals surface area contributed by atoms with Gasteiger partial charge in [0, 0.05) is 13.1 Å². The van der Waals surface area contributed by atoms with Gasteiger partial charge in [-0.2, -0.15) is 0 Å². The lowest BCUT2D eigenvalue weighted by Crippen LogP contribution is -2.34. The summed E-state index contributed by atoms with van der Waals surface area (Å²) in [5.41, 5.74) is 0.415. The van der Waals surface area contributed by atoms with E-state index in [1.165, 1.54) is 0 Å². The Morgan fingerprint density at radius 2 is 1.70 bits per heavy atom. The van der Waals surface area contributed by atoms with Crippen LogP contribution in [0.15, 0.2) is 18.2 Å². The lowest BCUT2D eigenvalue weighted by atomic mass is 10.2. The number of benzene rings is 1. The van der Waals surface area contributed by atoms with Crippen LogP contribution < -0.4 is 5.32 Å². The summed E-state index contributed by atoms with van der Waals surface area (Å²) in [6.45, 7) is 5.58. The van der Waals surface area contributed by atoms with Gasteiger partial charge in [0.1, 0.15) is 0 Å². The molecule has 0 aromatic heterocycles. The van der Waals surface area contributed by atoms with E-state index in [0.717, 1.165) is 25.9 Å². The SMILES string of the molecule is CCCN(CCC)C(=O)C1CC1C(=O)Nc1c(Cl)cccc1Cl. The molecule has 2 unspecified atom stereocenters. The maximum absolute atomic E-state index is 12.5. The molecule has 2 rings (SSSR count). The quantitative estimate of drug-likeness (QED) is 0.794. The normalized spacial score (nSPS) is 19.3. The average Bonchev–Trinajstić information content (AvgIpc) is 3.30. The molecule has 1 N–H and O–H groups in total. The molecule has 126 valence electrons. The number of nitrogens with zero attached hydrogens (tertiary/aromatic N) is 1. The first-order chi connectivity index (χ1) is 11.0. The van der Waals surface area contributed by atoms with Gasteiger partial charge in [-0.3, -0.25) is 9.59 Å². The number of carbonyl (C=O) groups excluding carboxylic acids is 2. The maximum Gasteiger partial charge on any atom is 0.228 e. The summed E-state index contributed by atoms with van der Waals surface area (Å²) in [6.07, 6.45) is 2.44. The molecule has 1 aliphatic rings. The van der Waals surface area contributed by atoms with Crippen molar-refractivity contribution in [2.24, 2.45) is 11.8 Å². The van der Waals surface area contributed by atoms with Crippen molar-refractivity contribution in [3.63, 3.8) is 0 Å². The zero-order valence-corrected chi connectivity index (χ0v) is 15.0. The van der Waals surface area contributed by atoms with Crippen LogP contribution in [0, 0.1) is 11.8 Å². The number of hydrogen-bond acceptors (Lipinski definition) is 2. The Hall–Kier alpha value is -1.26. The number of carbonyl (C=O) groups is 2. The highest BCUT2D eigenvalue weighted by Crippen LogP contribution is 2.42. The van der Waals surface area contributed by atoms with E-state index in [-0.39, 0.29) is 23.7 Å². The molecule has 4 nitrogen and oxygen atoms in total. The Kier molecular flexibility index (Phi) is 6.31. The van der Waals surface area contributed by atoms with E-state index < -0.39 is 0 Å². The van der Waals surface area contributed by atoms with Gasteiger partial charge in [0.2, 0.25) is 11.8 Å². The summed E-state index contributed by atoms with van der Waals surface area (Å²) in [4.78, 5) is 26.7. The van der Waals surface area contributed by atoms with E-state index in [1.807, 2.05) is 18.7 Å². The number of nitrogens with one attached hydrogen (secondary N) is 1. The van der Waals surface area contributed by atoms with Gasteiger partial charge in [0.05, 0.1) is 27.6 Å². The van der Waals surface area contributed by atoms with Gasteiger partial charge >= 0.3 is 0 Å². The second-order valence-electron chi connectivity index (χ2n) is 5.86. The molecular formula is C17H22Cl2N2O2. The van der Waals surface area contributed by atoms with Crippen molar-refractivity contribution in [3.8, 4) is 0 Å². The highest BCUT2D eigenvalue weighted by Gasteiger charge is 2.49. The minimum atomic E-state index is -0.286. The van der Waals surface area contributed by atoms with Crippen LogP contribution in [0.3, 0.4) is 0 Å². The average molecular weight is 357 g/mol. The van der Waals surface area contributed by atoms with E-state index in [0.29, 0.717) is 22.2 Å². The molecule has 23 heavy (non-hydrogen) atoms. The summed E-state index contributed by atoms with van der Waals surface area (Å²) < 4.78 is 0. The van der Waals surface area contributed by atoms with Crippen molar-refractivity contribution in [1.82, 2.24) is 4.90 Å². The minimum Gasteiger partial charge on any atom is -0.342 e. The summed E-state index contributed by atoms with van der Waals surface area (Å²) in [6, 6.07) is 5.06. The van der Waals surface area contributed by atoms with Crippen LogP contribution in [0.4, 0.5) is 5.69 Å². The van der Waals surface area contributed by atoms with Crippen LogP contribution in [-0.4, -0.2) is 29.8 Å². The Labute approximate surface area is 147 Å². The van der Waals surface area contributed by atoms with E-state index in [1.54, 1.807) is 18.2 Å². The zero-order chi connectivity index (χ0) is 17.0. The summed E-state index contributed by atoms with van der Waals surface area (Å²) >= 11 is 12.1. The van der Waals surface area contributed by atoms with Crippen molar-refractivity contribution in [1.29, 1.82) is 0 Å². The largest absolute Gasteiger partial charge is 0.342 e. The van der Waals surface area contributed by atoms with Gasteiger partial charge in [0.25, 0.3) is 0 Å². The van der Waals surface area contributed by atoms with Crippen LogP contribution in [0.1, 0.15) is 33.1 Å². The fourth-order valence-electron chi connectivity index (χ4n) is 2.70. The third kappa shape index (κ3) is 4.39. The molecule has 0 radical (unpaired) electrons. The lowest BCUT2D eigenvalue weighted by molar-refractivity contribution is -0.134. The Morgan fingerprint density at radius 1 is 1.13 bits per heavy atom. The predicted octanol–water partition coefficient (Wildman–Crippen LogP) is 4.22. The fourth-order valence-corrected chi connectivity index (χ4v) is 3.19. The van der Waals surface area contributed by atoms with E-state index in [4.69, 9.17) is 23.2 Å². The third-order valence-electron chi connectivity index (χ3n) is 3.95. The molecule has 0 aliphatic heterocycles. The van der Waals surface area contributed by atoms with Crippen LogP contribution >= 0.6 is 23.2 Å². The van der Waals surface area contributed by atoms with Crippen molar-refractivity contribution >= 4 is 40.7 Å². The molecule has 1 aromatic carbocycles. The second kappa shape index (κ2) is 8.02. The highest BCUT2D eigenvalue weighted by atomic mass is 35.5. The molecule has 1 aliphatic carbocycles. The molecule has 1 saturated carbocycles. The molecule has 0 spiro atoms. The standard InChI is InChI=1S/C17H22Cl2N2O2/c1-3-8-21(9-4-2)17(23)12-10-11(12)16(22)20-15-13(18)6-5-7-14(15)19/h5-7,11-12H,3-4,8-10H2,1-2H3,(H,20,22). The molecule has 6 heteroatoms. The van der Waals surface area contributed by atoms with Gasteiger partial charge in [-0.1, -0.05) is 43.1 Å². The maximum atomic E-state index is 12.5. The smallest absolute Gasteiger partial charge is 0.228 e. The van der Waals surface area contributed by atoms with Crippen molar-refractivity contribution < 1.29 is 9.59 Å². The molecule has 0 heterocycles. The molecule has 2 atom stereocenters. The fraction of sp³-hybridized carbons (Fsp3) is 0.529. The van der Waals surface area contributed by atoms with Gasteiger partial charge in [0.15, 0.2) is 0 Å². The Morgan fingerprint density at radius 3 is 2.22 bits per heavy atom. The summed E-state index contributed by atoms with van der Waals surface area (Å²) in [5, 5.41) is 3.55. The lowest BCUT2D eigenvalue weighted by Gasteiger charge is -2.21. The molecule has 1 aromatic rings. The van der Waals surface area contributed by atoms with E-state index in [2.05, 4.69) is 5.32 Å². The van der Waals surface area contributed by atoms with E-state index >= 15 is 0 Å². The van der Waals surface area contributed by atoms with Crippen LogP contribution in [-0.2, 0) is 9.59 Å². The van der Waals surface area contributed by atoms with Gasteiger partial charge in [-0.25, -0.2) is 0 Å². The first kappa shape index (κ1) is 18.1. The molecule has 2 amide bonds. The molecule has 1 fully saturated rings. The number of para-hydroxylation sites is 1. The van der Waals surface area contributed by atoms with Crippen LogP contribution in [0.25, 0.3) is 0 Å². The van der Waals surface area contributed by atoms with Gasteiger partial charge in [-0.15, -0.1) is 0 Å². The number of rotatable bonds is 7. The number of amides is 2. The third-order valence-corrected chi connectivity index (χ3v) is 4.58. The number of anilines is 1. The molecular weight excluding hydrogens is 335 g/mol. The van der Waals surface area contributed by atoms with E-state index in [9.17, 15) is 9.59 Å². The zero-order valence-electron chi connectivity index (χ0n) is 13.4. The van der Waals surface area contributed by atoms with Gasteiger partial charge < -0.3 is 10.2 Å². The molecule has 0 saturated heterocycles. The highest BCUT2D eigenvalue weighted by molar-refractivity contribution is 6.39. The number of halogens is 2. The minimum absolute atomic E-state index is 0.0825. The topological polar surface area (TPSA) is 49.4 Å².